The predicted molar refractivity (Wildman–Crippen MR) is 53.3 cm³/mol. The van der Waals surface area contributed by atoms with Gasteiger partial charge in [0.25, 0.3) is 0 Å². The molecule has 4 heteroatoms. The summed E-state index contributed by atoms with van der Waals surface area (Å²) >= 11 is 0. The SMILES string of the molecule is N#CCCC1CNCCN1CCC#N. The second-order valence-corrected chi connectivity index (χ2v) is 3.50. The van der Waals surface area contributed by atoms with Crippen LogP contribution in [0.1, 0.15) is 19.3 Å². The van der Waals surface area contributed by atoms with Gasteiger partial charge in [0.15, 0.2) is 0 Å². The van der Waals surface area contributed by atoms with E-state index in [9.17, 15) is 0 Å². The maximum absolute atomic E-state index is 8.52. The Kier molecular flexibility index (Phi) is 4.99. The predicted octanol–water partition coefficient (Wildman–Crippen LogP) is 0.478. The van der Waals surface area contributed by atoms with Crippen molar-refractivity contribution in [3.8, 4) is 12.1 Å². The van der Waals surface area contributed by atoms with Gasteiger partial charge in [-0.3, -0.25) is 4.90 Å². The first-order valence-electron chi connectivity index (χ1n) is 5.07. The van der Waals surface area contributed by atoms with Crippen LogP contribution in [0.5, 0.6) is 0 Å². The van der Waals surface area contributed by atoms with Crippen LogP contribution in [-0.2, 0) is 0 Å². The monoisotopic (exact) mass is 192 g/mol. The van der Waals surface area contributed by atoms with Crippen LogP contribution >= 0.6 is 0 Å². The summed E-state index contributed by atoms with van der Waals surface area (Å²) in [6, 6.07) is 4.78. The van der Waals surface area contributed by atoms with Gasteiger partial charge in [-0.05, 0) is 6.42 Å². The Morgan fingerprint density at radius 1 is 1.29 bits per heavy atom. The highest BCUT2D eigenvalue weighted by atomic mass is 15.2. The van der Waals surface area contributed by atoms with E-state index in [-0.39, 0.29) is 0 Å². The van der Waals surface area contributed by atoms with Crippen LogP contribution in [0, 0.1) is 22.7 Å². The third kappa shape index (κ3) is 3.33. The summed E-state index contributed by atoms with van der Waals surface area (Å²) in [7, 11) is 0. The molecule has 0 aliphatic carbocycles. The summed E-state index contributed by atoms with van der Waals surface area (Å²) in [5, 5.41) is 20.3. The fourth-order valence-electron chi connectivity index (χ4n) is 1.81. The van der Waals surface area contributed by atoms with Crippen LogP contribution in [0.2, 0.25) is 0 Å². The van der Waals surface area contributed by atoms with E-state index in [0.717, 1.165) is 32.6 Å². The molecule has 1 aliphatic rings. The molecule has 0 saturated carbocycles. The van der Waals surface area contributed by atoms with Crippen LogP contribution in [0.15, 0.2) is 0 Å². The van der Waals surface area contributed by atoms with Gasteiger partial charge in [-0.25, -0.2) is 0 Å². The first kappa shape index (κ1) is 11.0. The molecule has 1 unspecified atom stereocenters. The largest absolute Gasteiger partial charge is 0.314 e. The first-order valence-corrected chi connectivity index (χ1v) is 5.07. The molecule has 0 aromatic heterocycles. The van der Waals surface area contributed by atoms with Gasteiger partial charge in [-0.2, -0.15) is 10.5 Å². The van der Waals surface area contributed by atoms with Crippen LogP contribution in [-0.4, -0.2) is 37.1 Å². The van der Waals surface area contributed by atoms with E-state index in [1.807, 2.05) is 0 Å². The molecule has 1 aliphatic heterocycles. The Morgan fingerprint density at radius 3 is 2.79 bits per heavy atom. The standard InChI is InChI=1S/C10H16N4/c11-4-1-3-10-9-13-6-8-14(10)7-2-5-12/h10,13H,1-3,6-9H2. The number of nitrogens with one attached hydrogen (secondary N) is 1. The number of piperazine rings is 1. The fraction of sp³-hybridized carbons (Fsp3) is 0.800. The second kappa shape index (κ2) is 6.37. The van der Waals surface area contributed by atoms with Crippen molar-refractivity contribution in [3.05, 3.63) is 0 Å². The third-order valence-corrected chi connectivity index (χ3v) is 2.57. The minimum absolute atomic E-state index is 0.441. The van der Waals surface area contributed by atoms with Crippen LogP contribution in [0.3, 0.4) is 0 Å². The molecule has 0 spiro atoms. The molecule has 1 heterocycles. The van der Waals surface area contributed by atoms with Crippen molar-refractivity contribution in [2.45, 2.75) is 25.3 Å². The lowest BCUT2D eigenvalue weighted by Crippen LogP contribution is -2.51. The molecule has 0 aromatic rings. The highest BCUT2D eigenvalue weighted by molar-refractivity contribution is 4.85. The van der Waals surface area contributed by atoms with E-state index in [4.69, 9.17) is 10.5 Å². The highest BCUT2D eigenvalue weighted by Crippen LogP contribution is 2.09. The second-order valence-electron chi connectivity index (χ2n) is 3.50. The van der Waals surface area contributed by atoms with Crippen molar-refractivity contribution in [2.24, 2.45) is 0 Å². The maximum atomic E-state index is 8.52. The molecule has 0 aromatic carbocycles. The Balaban J connectivity index is 2.35. The zero-order chi connectivity index (χ0) is 10.2. The number of rotatable bonds is 4. The van der Waals surface area contributed by atoms with Crippen LogP contribution in [0.4, 0.5) is 0 Å². The van der Waals surface area contributed by atoms with Crippen LogP contribution in [0.25, 0.3) is 0 Å². The van der Waals surface area contributed by atoms with Gasteiger partial charge in [0.05, 0.1) is 12.1 Å². The summed E-state index contributed by atoms with van der Waals surface area (Å²) in [4.78, 5) is 2.32. The van der Waals surface area contributed by atoms with E-state index in [1.54, 1.807) is 0 Å². The minimum atomic E-state index is 0.441. The number of hydrogen-bond donors (Lipinski definition) is 1. The van der Waals surface area contributed by atoms with Crippen molar-refractivity contribution in [1.29, 1.82) is 10.5 Å². The molecule has 1 atom stereocenters. The van der Waals surface area contributed by atoms with Crippen molar-refractivity contribution in [1.82, 2.24) is 10.2 Å². The van der Waals surface area contributed by atoms with Gasteiger partial charge in [0.1, 0.15) is 0 Å². The van der Waals surface area contributed by atoms with Crippen molar-refractivity contribution in [3.63, 3.8) is 0 Å². The zero-order valence-corrected chi connectivity index (χ0v) is 8.37. The Bertz CT molecular complexity index is 211. The van der Waals surface area contributed by atoms with Gasteiger partial charge in [-0.1, -0.05) is 0 Å². The number of nitriles is 2. The van der Waals surface area contributed by atoms with Gasteiger partial charge in [0.2, 0.25) is 0 Å². The molecule has 1 saturated heterocycles. The Morgan fingerprint density at radius 2 is 2.07 bits per heavy atom. The van der Waals surface area contributed by atoms with Gasteiger partial charge in [0, 0.05) is 45.1 Å². The Hall–Kier alpha value is -1.10. The summed E-state index contributed by atoms with van der Waals surface area (Å²) in [6.07, 6.45) is 2.10. The maximum Gasteiger partial charge on any atom is 0.0635 e. The lowest BCUT2D eigenvalue weighted by molar-refractivity contribution is 0.157. The molecule has 1 fully saturated rings. The number of nitrogens with zero attached hydrogens (tertiary/aromatic N) is 3. The fourth-order valence-corrected chi connectivity index (χ4v) is 1.81. The molecule has 0 amide bonds. The summed E-state index contributed by atoms with van der Waals surface area (Å²) < 4.78 is 0. The normalized spacial score (nSPS) is 22.6. The molecule has 0 bridgehead atoms. The molecule has 1 N–H and O–H groups in total. The first-order chi connectivity index (χ1) is 6.88. The van der Waals surface area contributed by atoms with Crippen LogP contribution < -0.4 is 5.32 Å². The highest BCUT2D eigenvalue weighted by Gasteiger charge is 2.20. The summed E-state index contributed by atoms with van der Waals surface area (Å²) in [5.74, 6) is 0. The number of hydrogen-bond acceptors (Lipinski definition) is 4. The molecule has 76 valence electrons. The lowest BCUT2D eigenvalue weighted by atomic mass is 10.1. The van der Waals surface area contributed by atoms with Gasteiger partial charge in [-0.15, -0.1) is 0 Å². The summed E-state index contributed by atoms with van der Waals surface area (Å²) in [6.45, 7) is 3.79. The van der Waals surface area contributed by atoms with Gasteiger partial charge >= 0.3 is 0 Å². The van der Waals surface area contributed by atoms with E-state index in [1.165, 1.54) is 0 Å². The third-order valence-electron chi connectivity index (χ3n) is 2.57. The minimum Gasteiger partial charge on any atom is -0.314 e. The molecule has 1 rings (SSSR count). The van der Waals surface area contributed by atoms with E-state index in [2.05, 4.69) is 22.4 Å². The molecular weight excluding hydrogens is 176 g/mol. The van der Waals surface area contributed by atoms with E-state index >= 15 is 0 Å². The van der Waals surface area contributed by atoms with E-state index < -0.39 is 0 Å². The average Bonchev–Trinajstić information content (AvgIpc) is 2.24. The quantitative estimate of drug-likeness (QED) is 0.703. The van der Waals surface area contributed by atoms with Gasteiger partial charge < -0.3 is 5.32 Å². The van der Waals surface area contributed by atoms with Crippen molar-refractivity contribution < 1.29 is 0 Å². The topological polar surface area (TPSA) is 62.9 Å². The smallest absolute Gasteiger partial charge is 0.0635 e. The molecular formula is C10H16N4. The van der Waals surface area contributed by atoms with Crippen molar-refractivity contribution >= 4 is 0 Å². The molecule has 0 radical (unpaired) electrons. The lowest BCUT2D eigenvalue weighted by Gasteiger charge is -2.35. The van der Waals surface area contributed by atoms with Crippen molar-refractivity contribution in [2.75, 3.05) is 26.2 Å². The average molecular weight is 192 g/mol. The Labute approximate surface area is 85.1 Å². The van der Waals surface area contributed by atoms with E-state index in [0.29, 0.717) is 18.9 Å². The zero-order valence-electron chi connectivity index (χ0n) is 8.37. The molecule has 4 nitrogen and oxygen atoms in total. The summed E-state index contributed by atoms with van der Waals surface area (Å²) in [5.41, 5.74) is 0. The molecule has 14 heavy (non-hydrogen) atoms.